The van der Waals surface area contributed by atoms with Crippen LogP contribution in [-0.2, 0) is 35.5 Å². The highest BCUT2D eigenvalue weighted by molar-refractivity contribution is 7.45. The molecule has 0 bridgehead atoms. The second-order valence-corrected chi connectivity index (χ2v) is 16.7. The summed E-state index contributed by atoms with van der Waals surface area (Å²) in [6, 6.07) is 34.5. The molecule has 4 aromatic carbocycles. The van der Waals surface area contributed by atoms with Gasteiger partial charge < -0.3 is 33.3 Å². The second kappa shape index (κ2) is 17.1. The molecule has 4 heterocycles. The van der Waals surface area contributed by atoms with Crippen LogP contribution in [-0.4, -0.2) is 65.7 Å². The number of rotatable bonds is 14. The Balaban J connectivity index is 1.04. The number of carbonyl (C=O) groups excluding carboxylic acids is 1. The highest BCUT2D eigenvalue weighted by Crippen LogP contribution is 2.65. The number of hydrogen-bond donors (Lipinski definition) is 1. The van der Waals surface area contributed by atoms with Gasteiger partial charge in [0, 0.05) is 25.1 Å². The first-order valence-corrected chi connectivity index (χ1v) is 20.8. The second-order valence-electron chi connectivity index (χ2n) is 15.3. The molecular weight excluding hydrogens is 755 g/mol. The highest BCUT2D eigenvalue weighted by Gasteiger charge is 2.58. The lowest BCUT2D eigenvalue weighted by Gasteiger charge is -2.40. The van der Waals surface area contributed by atoms with Crippen molar-refractivity contribution < 1.29 is 32.8 Å². The molecule has 5 aromatic rings. The quantitative estimate of drug-likeness (QED) is 0.110. The summed E-state index contributed by atoms with van der Waals surface area (Å²) in [6.07, 6.45) is 1.37. The van der Waals surface area contributed by atoms with Crippen molar-refractivity contribution in [1.29, 1.82) is 0 Å². The van der Waals surface area contributed by atoms with E-state index in [2.05, 4.69) is 52.2 Å². The van der Waals surface area contributed by atoms with Crippen molar-refractivity contribution >= 4 is 20.3 Å². The van der Waals surface area contributed by atoms with Crippen LogP contribution in [0, 0.1) is 5.92 Å². The summed E-state index contributed by atoms with van der Waals surface area (Å²) in [5, 5.41) is 2.71. The number of ether oxygens (including phenoxy) is 4. The largest absolute Gasteiger partial charge is 0.497 e. The number of fused-ring (bicyclic) bond motifs is 1. The van der Waals surface area contributed by atoms with Crippen molar-refractivity contribution in [2.45, 2.75) is 70.3 Å². The number of amides is 1. The standard InChI is InChI=1S/C45H49N4O8P/c1-29(2)43(50)46-41-22-23-48(44(51)47-41)42-26-38(56-58-49-24-21-40(49)45(3,57-58)34-9-7-6-8-10-34)39(55-42)28-54-27-33-12-11-32(30-13-17-35(52-4)18-14-30)25-37(33)31-15-19-36(53-5)20-16-31/h6-20,22-23,25,29,38-40,42H,21,24,26-28H2,1-5H3,(H,46,47,50,51). The molecule has 13 heteroatoms. The van der Waals surface area contributed by atoms with Gasteiger partial charge in [-0.2, -0.15) is 4.98 Å². The maximum Gasteiger partial charge on any atom is 0.351 e. The Morgan fingerprint density at radius 1 is 0.931 bits per heavy atom. The Bertz CT molecular complexity index is 2270. The van der Waals surface area contributed by atoms with Crippen molar-refractivity contribution in [3.05, 3.63) is 131 Å². The van der Waals surface area contributed by atoms with E-state index >= 15 is 0 Å². The molecule has 1 N–H and O–H groups in total. The van der Waals surface area contributed by atoms with E-state index in [1.807, 2.05) is 66.7 Å². The van der Waals surface area contributed by atoms with Crippen LogP contribution in [0.1, 0.15) is 51.0 Å². The molecule has 6 unspecified atom stereocenters. The number of hydrogen-bond acceptors (Lipinski definition) is 10. The maximum absolute atomic E-state index is 13.4. The third-order valence-electron chi connectivity index (χ3n) is 11.2. The predicted molar refractivity (Wildman–Crippen MR) is 222 cm³/mol. The summed E-state index contributed by atoms with van der Waals surface area (Å²) < 4.78 is 41.4. The van der Waals surface area contributed by atoms with Gasteiger partial charge >= 0.3 is 5.69 Å². The molecule has 12 nitrogen and oxygen atoms in total. The molecular formula is C45H49N4O8P. The molecule has 3 aliphatic rings. The first kappa shape index (κ1) is 39.9. The number of nitrogens with zero attached hydrogens (tertiary/aromatic N) is 3. The number of anilines is 1. The smallest absolute Gasteiger partial charge is 0.351 e. The molecule has 3 saturated heterocycles. The van der Waals surface area contributed by atoms with Crippen LogP contribution in [0.4, 0.5) is 5.82 Å². The molecule has 0 spiro atoms. The Kier molecular flexibility index (Phi) is 11.8. The van der Waals surface area contributed by atoms with E-state index in [0.29, 0.717) is 13.0 Å². The van der Waals surface area contributed by atoms with Gasteiger partial charge in [-0.15, -0.1) is 0 Å². The van der Waals surface area contributed by atoms with Crippen molar-refractivity contribution in [3.63, 3.8) is 0 Å². The van der Waals surface area contributed by atoms with Gasteiger partial charge in [0.15, 0.2) is 0 Å². The van der Waals surface area contributed by atoms with Gasteiger partial charge in [-0.25, -0.2) is 9.46 Å². The SMILES string of the molecule is COc1ccc(-c2ccc(COCC3OC(n4ccc(NC(=O)C(C)C)nc4=O)CC3OP3OC(C)(c4ccccc4)C4CCN43)c(-c3ccc(OC)cc3)c2)cc1. The van der Waals surface area contributed by atoms with Gasteiger partial charge in [-0.3, -0.25) is 9.36 Å². The highest BCUT2D eigenvalue weighted by atomic mass is 31.2. The monoisotopic (exact) mass is 804 g/mol. The van der Waals surface area contributed by atoms with Crippen molar-refractivity contribution in [1.82, 2.24) is 14.2 Å². The first-order chi connectivity index (χ1) is 28.1. The Hall–Kier alpha value is -4.94. The van der Waals surface area contributed by atoms with E-state index in [-0.39, 0.29) is 30.3 Å². The van der Waals surface area contributed by atoms with Crippen molar-refractivity contribution in [2.75, 3.05) is 32.7 Å². The molecule has 0 saturated carbocycles. The number of aromatic nitrogens is 2. The molecule has 8 rings (SSSR count). The van der Waals surface area contributed by atoms with Gasteiger partial charge in [0.05, 0.1) is 39.6 Å². The van der Waals surface area contributed by atoms with Crippen LogP contribution in [0.2, 0.25) is 0 Å². The molecule has 0 radical (unpaired) electrons. The Morgan fingerprint density at radius 2 is 1.62 bits per heavy atom. The fourth-order valence-electron chi connectivity index (χ4n) is 7.71. The van der Waals surface area contributed by atoms with Crippen LogP contribution in [0.25, 0.3) is 22.3 Å². The lowest BCUT2D eigenvalue weighted by molar-refractivity contribution is -0.118. The summed E-state index contributed by atoms with van der Waals surface area (Å²) in [7, 11) is 1.89. The minimum atomic E-state index is -1.42. The lowest BCUT2D eigenvalue weighted by Crippen LogP contribution is -2.50. The molecule has 6 atom stereocenters. The average molecular weight is 805 g/mol. The minimum Gasteiger partial charge on any atom is -0.497 e. The molecule has 302 valence electrons. The summed E-state index contributed by atoms with van der Waals surface area (Å²) >= 11 is 0. The molecule has 0 aliphatic carbocycles. The van der Waals surface area contributed by atoms with E-state index in [0.717, 1.165) is 57.8 Å². The summed E-state index contributed by atoms with van der Waals surface area (Å²) in [6.45, 7) is 7.09. The summed E-state index contributed by atoms with van der Waals surface area (Å²) in [5.74, 6) is 1.30. The fraction of sp³-hybridized carbons (Fsp3) is 0.356. The molecule has 58 heavy (non-hydrogen) atoms. The van der Waals surface area contributed by atoms with Crippen molar-refractivity contribution in [2.24, 2.45) is 5.92 Å². The third kappa shape index (κ3) is 8.18. The number of carbonyl (C=O) groups is 1. The maximum atomic E-state index is 13.4. The van der Waals surface area contributed by atoms with E-state index in [1.165, 1.54) is 4.57 Å². The van der Waals surface area contributed by atoms with Crippen LogP contribution in [0.3, 0.4) is 0 Å². The van der Waals surface area contributed by atoms with Gasteiger partial charge in [-0.1, -0.05) is 80.6 Å². The normalized spacial score (nSPS) is 24.0. The Labute approximate surface area is 340 Å². The van der Waals surface area contributed by atoms with Crippen LogP contribution in [0.15, 0.2) is 114 Å². The zero-order valence-corrected chi connectivity index (χ0v) is 34.3. The number of methoxy groups -OCH3 is 2. The van der Waals surface area contributed by atoms with Gasteiger partial charge in [0.25, 0.3) is 8.53 Å². The minimum absolute atomic E-state index is 0.197. The average Bonchev–Trinajstić information content (AvgIpc) is 3.70. The zero-order chi connectivity index (χ0) is 40.4. The topological polar surface area (TPSA) is 123 Å². The van der Waals surface area contributed by atoms with E-state index in [4.69, 9.17) is 28.0 Å². The van der Waals surface area contributed by atoms with Crippen LogP contribution >= 0.6 is 8.53 Å². The number of nitrogens with one attached hydrogen (secondary N) is 1. The number of benzene rings is 4. The van der Waals surface area contributed by atoms with Crippen molar-refractivity contribution in [3.8, 4) is 33.8 Å². The summed E-state index contributed by atoms with van der Waals surface area (Å²) in [4.78, 5) is 29.8. The first-order valence-electron chi connectivity index (χ1n) is 19.7. The van der Waals surface area contributed by atoms with E-state index in [9.17, 15) is 9.59 Å². The van der Waals surface area contributed by atoms with Gasteiger partial charge in [0.2, 0.25) is 5.91 Å². The predicted octanol–water partition coefficient (Wildman–Crippen LogP) is 8.33. The zero-order valence-electron chi connectivity index (χ0n) is 33.4. The molecule has 3 aliphatic heterocycles. The van der Waals surface area contributed by atoms with E-state index in [1.54, 1.807) is 40.3 Å². The van der Waals surface area contributed by atoms with Crippen LogP contribution in [0.5, 0.6) is 11.5 Å². The molecule has 3 fully saturated rings. The summed E-state index contributed by atoms with van der Waals surface area (Å²) in [5.41, 5.74) is 5.26. The fourth-order valence-corrected chi connectivity index (χ4v) is 9.83. The third-order valence-corrected chi connectivity index (χ3v) is 13.1. The Morgan fingerprint density at radius 3 is 2.26 bits per heavy atom. The van der Waals surface area contributed by atoms with Gasteiger partial charge in [0.1, 0.15) is 35.2 Å². The van der Waals surface area contributed by atoms with Crippen LogP contribution < -0.4 is 20.5 Å². The molecule has 1 aromatic heterocycles. The molecule has 1 amide bonds. The lowest BCUT2D eigenvalue weighted by atomic mass is 9.83. The van der Waals surface area contributed by atoms with Gasteiger partial charge in [-0.05, 0) is 83.1 Å². The van der Waals surface area contributed by atoms with E-state index < -0.39 is 38.3 Å².